The number of fused-ring (bicyclic) bond motifs is 3. The van der Waals surface area contributed by atoms with E-state index in [0.29, 0.717) is 16.7 Å². The summed E-state index contributed by atoms with van der Waals surface area (Å²) in [6.07, 6.45) is -2.83. The molecule has 0 bridgehead atoms. The second-order valence-electron chi connectivity index (χ2n) is 8.83. The van der Waals surface area contributed by atoms with Crippen molar-refractivity contribution in [3.05, 3.63) is 76.9 Å². The first-order chi connectivity index (χ1) is 16.5. The molecule has 1 N–H and O–H groups in total. The quantitative estimate of drug-likeness (QED) is 0.664. The number of carbonyl (C=O) groups excluding carboxylic acids is 3. The van der Waals surface area contributed by atoms with Crippen LogP contribution in [0.4, 0.5) is 13.2 Å². The number of phenols is 1. The average Bonchev–Trinajstić information content (AvgIpc) is 3.30. The molecule has 7 nitrogen and oxygen atoms in total. The van der Waals surface area contributed by atoms with E-state index in [1.54, 1.807) is 24.3 Å². The van der Waals surface area contributed by atoms with Gasteiger partial charge in [-0.3, -0.25) is 19.3 Å². The number of hydrogen-bond donors (Lipinski definition) is 1. The van der Waals surface area contributed by atoms with Crippen LogP contribution in [0.1, 0.15) is 29.5 Å². The largest absolute Gasteiger partial charge is 0.507 e. The van der Waals surface area contributed by atoms with Crippen molar-refractivity contribution in [2.45, 2.75) is 25.1 Å². The molecule has 2 aromatic rings. The van der Waals surface area contributed by atoms with Gasteiger partial charge < -0.3 is 5.11 Å². The number of amides is 3. The van der Waals surface area contributed by atoms with E-state index in [-0.39, 0.29) is 11.5 Å². The van der Waals surface area contributed by atoms with Crippen LogP contribution in [-0.4, -0.2) is 51.5 Å². The van der Waals surface area contributed by atoms with E-state index in [2.05, 4.69) is 5.10 Å². The summed E-state index contributed by atoms with van der Waals surface area (Å²) in [5.41, 5.74) is 0.665. The number of carbonyl (C=O) groups is 3. The minimum absolute atomic E-state index is 0.0875. The third-order valence-corrected chi connectivity index (χ3v) is 6.87. The number of alkyl halides is 3. The van der Waals surface area contributed by atoms with Crippen LogP contribution in [0.3, 0.4) is 0 Å². The Balaban J connectivity index is 1.70. The van der Waals surface area contributed by atoms with Gasteiger partial charge in [-0.25, -0.2) is 5.01 Å². The highest BCUT2D eigenvalue weighted by atomic mass is 19.4. The van der Waals surface area contributed by atoms with Crippen molar-refractivity contribution in [2.24, 2.45) is 16.9 Å². The van der Waals surface area contributed by atoms with E-state index in [9.17, 15) is 32.7 Å². The maximum Gasteiger partial charge on any atom is 0.416 e. The summed E-state index contributed by atoms with van der Waals surface area (Å²) in [7, 11) is 1.35. The summed E-state index contributed by atoms with van der Waals surface area (Å²) >= 11 is 0. The van der Waals surface area contributed by atoms with Gasteiger partial charge in [-0.2, -0.15) is 18.3 Å². The van der Waals surface area contributed by atoms with Gasteiger partial charge in [-0.05, 0) is 29.8 Å². The highest BCUT2D eigenvalue weighted by Gasteiger charge is 2.59. The lowest BCUT2D eigenvalue weighted by Crippen LogP contribution is -2.47. The summed E-state index contributed by atoms with van der Waals surface area (Å²) in [6.45, 7) is 1.29. The molecule has 3 amide bonds. The number of benzene rings is 2. The Morgan fingerprint density at radius 2 is 1.63 bits per heavy atom. The van der Waals surface area contributed by atoms with Crippen LogP contribution in [0.5, 0.6) is 5.75 Å². The lowest BCUT2D eigenvalue weighted by atomic mass is 9.68. The molecule has 10 heteroatoms. The Labute approximate surface area is 198 Å². The van der Waals surface area contributed by atoms with Crippen LogP contribution in [0, 0.1) is 11.8 Å². The summed E-state index contributed by atoms with van der Waals surface area (Å²) in [5.74, 6) is -4.14. The molecule has 35 heavy (non-hydrogen) atoms. The fourth-order valence-electron chi connectivity index (χ4n) is 5.24. The Morgan fingerprint density at radius 3 is 2.23 bits per heavy atom. The number of hydrazone groups is 1. The number of allylic oxidation sites excluding steroid dienone is 1. The second kappa shape index (κ2) is 7.79. The fourth-order valence-corrected chi connectivity index (χ4v) is 5.24. The summed E-state index contributed by atoms with van der Waals surface area (Å²) < 4.78 is 39.4. The first kappa shape index (κ1) is 22.8. The van der Waals surface area contributed by atoms with Crippen molar-refractivity contribution in [2.75, 3.05) is 7.05 Å². The molecule has 2 heterocycles. The highest BCUT2D eigenvalue weighted by molar-refractivity contribution is 6.18. The summed E-state index contributed by atoms with van der Waals surface area (Å²) in [5, 5.41) is 16.0. The van der Waals surface area contributed by atoms with Gasteiger partial charge in [-0.1, -0.05) is 30.3 Å². The van der Waals surface area contributed by atoms with Crippen molar-refractivity contribution in [1.29, 1.82) is 0 Å². The van der Waals surface area contributed by atoms with Gasteiger partial charge in [0.2, 0.25) is 17.7 Å². The molecule has 0 radical (unpaired) electrons. The molecule has 0 aromatic heterocycles. The zero-order valence-electron chi connectivity index (χ0n) is 18.7. The smallest absolute Gasteiger partial charge is 0.416 e. The van der Waals surface area contributed by atoms with E-state index >= 15 is 0 Å². The molecule has 2 aliphatic heterocycles. The van der Waals surface area contributed by atoms with E-state index < -0.39 is 53.3 Å². The lowest BCUT2D eigenvalue weighted by Gasteiger charge is -2.36. The molecule has 180 valence electrons. The molecule has 1 aliphatic carbocycles. The zero-order valence-corrected chi connectivity index (χ0v) is 18.7. The van der Waals surface area contributed by atoms with Gasteiger partial charge in [0.1, 0.15) is 5.75 Å². The normalized spacial score (nSPS) is 25.9. The Hall–Kier alpha value is -3.95. The molecule has 5 rings (SSSR count). The fraction of sp³-hybridized carbons (Fsp3) is 0.280. The highest BCUT2D eigenvalue weighted by Crippen LogP contribution is 2.50. The minimum Gasteiger partial charge on any atom is -0.507 e. The van der Waals surface area contributed by atoms with Crippen LogP contribution < -0.4 is 0 Å². The Bertz CT molecular complexity index is 1320. The van der Waals surface area contributed by atoms with Crippen LogP contribution >= 0.6 is 0 Å². The van der Waals surface area contributed by atoms with E-state index in [0.717, 1.165) is 22.0 Å². The molecule has 3 aliphatic rings. The number of rotatable bonds is 2. The number of para-hydroxylation sites is 1. The predicted octanol–water partition coefficient (Wildman–Crippen LogP) is 3.30. The van der Waals surface area contributed by atoms with Crippen molar-refractivity contribution < 1.29 is 32.7 Å². The van der Waals surface area contributed by atoms with Gasteiger partial charge in [0.15, 0.2) is 0 Å². The van der Waals surface area contributed by atoms with Gasteiger partial charge in [0.05, 0.1) is 29.2 Å². The Morgan fingerprint density at radius 1 is 1.00 bits per heavy atom. The van der Waals surface area contributed by atoms with Crippen molar-refractivity contribution in [3.63, 3.8) is 0 Å². The van der Waals surface area contributed by atoms with E-state index in [4.69, 9.17) is 0 Å². The van der Waals surface area contributed by atoms with Crippen molar-refractivity contribution >= 4 is 23.4 Å². The monoisotopic (exact) mass is 483 g/mol. The molecule has 2 aromatic carbocycles. The molecular formula is C25H20F3N3O4. The number of hydrogen-bond acceptors (Lipinski definition) is 5. The van der Waals surface area contributed by atoms with Gasteiger partial charge in [0, 0.05) is 31.0 Å². The third-order valence-electron chi connectivity index (χ3n) is 6.87. The summed E-state index contributed by atoms with van der Waals surface area (Å²) in [6, 6.07) is 9.98. The van der Waals surface area contributed by atoms with Crippen molar-refractivity contribution in [3.8, 4) is 5.75 Å². The second-order valence-corrected chi connectivity index (χ2v) is 8.83. The zero-order chi connectivity index (χ0) is 25.2. The molecule has 0 unspecified atom stereocenters. The number of imide groups is 1. The molecule has 0 spiro atoms. The maximum atomic E-state index is 13.2. The van der Waals surface area contributed by atoms with Crippen LogP contribution in [0.25, 0.3) is 0 Å². The van der Waals surface area contributed by atoms with E-state index in [1.807, 2.05) is 0 Å². The van der Waals surface area contributed by atoms with Gasteiger partial charge >= 0.3 is 6.18 Å². The average molecular weight is 483 g/mol. The predicted molar refractivity (Wildman–Crippen MR) is 118 cm³/mol. The maximum absolute atomic E-state index is 13.2. The molecular weight excluding hydrogens is 463 g/mol. The Kier molecular flexibility index (Phi) is 5.08. The first-order valence-corrected chi connectivity index (χ1v) is 10.9. The minimum atomic E-state index is -4.52. The topological polar surface area (TPSA) is 90.3 Å². The van der Waals surface area contributed by atoms with Gasteiger partial charge in [0.25, 0.3) is 0 Å². The number of halogens is 3. The SMILES string of the molecule is CC(=O)N1N=C(c2ccccc2O)C2=C[C@H](c3ccc(C(F)(F)F)cc3)[C@@H]3C(=O)N(C)C(=O)[C@@H]3[C@@H]21. The number of phenolic OH excluding ortho intramolecular Hbond substituents is 1. The molecule has 4 atom stereocenters. The number of nitrogens with zero attached hydrogens (tertiary/aromatic N) is 3. The third kappa shape index (κ3) is 3.43. The van der Waals surface area contributed by atoms with Gasteiger partial charge in [-0.15, -0.1) is 0 Å². The van der Waals surface area contributed by atoms with Crippen LogP contribution in [0.2, 0.25) is 0 Å². The van der Waals surface area contributed by atoms with Crippen molar-refractivity contribution in [1.82, 2.24) is 9.91 Å². The molecule has 1 fully saturated rings. The standard InChI is InChI=1S/C25H20F3N3O4/c1-12(32)31-22-17(21(29-31)15-5-3-4-6-18(15)33)11-16(19-20(22)24(35)30(2)23(19)34)13-7-9-14(10-8-13)25(26,27)28/h3-11,16,19-20,22,33H,1-2H3/t16-,19+,20+,22-/m1/s1. The van der Waals surface area contributed by atoms with Crippen LogP contribution in [0.15, 0.2) is 65.3 Å². The first-order valence-electron chi connectivity index (χ1n) is 10.9. The summed E-state index contributed by atoms with van der Waals surface area (Å²) in [4.78, 5) is 39.9. The lowest BCUT2D eigenvalue weighted by molar-refractivity contribution is -0.139. The van der Waals surface area contributed by atoms with E-state index in [1.165, 1.54) is 32.2 Å². The number of aromatic hydroxyl groups is 1. The molecule has 0 saturated carbocycles. The molecule has 1 saturated heterocycles. The van der Waals surface area contributed by atoms with Crippen LogP contribution in [-0.2, 0) is 20.6 Å². The number of likely N-dealkylation sites (tertiary alicyclic amines) is 1.